The van der Waals surface area contributed by atoms with Crippen molar-refractivity contribution >= 4 is 35.6 Å². The van der Waals surface area contributed by atoms with Gasteiger partial charge in [-0.05, 0) is 50.7 Å². The number of aliphatic hydroxyl groups is 1. The monoisotopic (exact) mass is 1020 g/mol. The lowest BCUT2D eigenvalue weighted by atomic mass is 10.0. The molecule has 3 amide bonds. The van der Waals surface area contributed by atoms with Crippen LogP contribution in [0.25, 0.3) is 0 Å². The second-order valence-corrected chi connectivity index (χ2v) is 20.2. The number of aliphatic hydroxyl groups excluding tert-OH is 1. The number of carbonyl (C=O) groups is 6. The Morgan fingerprint density at radius 2 is 0.918 bits per heavy atom. The van der Waals surface area contributed by atoms with Gasteiger partial charge in [-0.15, -0.1) is 0 Å². The summed E-state index contributed by atoms with van der Waals surface area (Å²) in [4.78, 5) is 79.8. The Labute approximate surface area is 440 Å². The molecular weight excluding hydrogens is 923 g/mol. The van der Waals surface area contributed by atoms with Crippen molar-refractivity contribution in [1.29, 1.82) is 0 Å². The third-order valence-electron chi connectivity index (χ3n) is 13.4. The van der Waals surface area contributed by atoms with E-state index in [2.05, 4.69) is 29.8 Å². The molecule has 13 heteroatoms. The van der Waals surface area contributed by atoms with Crippen molar-refractivity contribution in [3.05, 3.63) is 71.8 Å². The van der Waals surface area contributed by atoms with Gasteiger partial charge in [0.05, 0.1) is 12.5 Å². The lowest BCUT2D eigenvalue weighted by molar-refractivity contribution is -0.152. The average molecular weight is 1020 g/mol. The van der Waals surface area contributed by atoms with Crippen LogP contribution in [0.5, 0.6) is 0 Å². The number of esters is 3. The molecule has 0 spiro atoms. The first-order valence-electron chi connectivity index (χ1n) is 28.6. The summed E-state index contributed by atoms with van der Waals surface area (Å²) in [7, 11) is 0. The quantitative estimate of drug-likeness (QED) is 0.0283. The molecule has 1 unspecified atom stereocenters. The van der Waals surface area contributed by atoms with Gasteiger partial charge in [0.2, 0.25) is 17.7 Å². The Balaban J connectivity index is 1.94. The molecule has 0 radical (unpaired) electrons. The van der Waals surface area contributed by atoms with E-state index in [1.54, 1.807) is 24.3 Å². The number of nitrogens with one attached hydrogen (secondary N) is 3. The maximum atomic E-state index is 13.7. The first-order chi connectivity index (χ1) is 35.4. The van der Waals surface area contributed by atoms with Crippen LogP contribution in [-0.4, -0.2) is 71.1 Å². The summed E-state index contributed by atoms with van der Waals surface area (Å²) in [5.74, 6) is -3.88. The minimum absolute atomic E-state index is 0.0326. The molecule has 0 saturated heterocycles. The van der Waals surface area contributed by atoms with Crippen molar-refractivity contribution in [2.24, 2.45) is 0 Å². The van der Waals surface area contributed by atoms with Gasteiger partial charge in [-0.2, -0.15) is 0 Å². The second-order valence-electron chi connectivity index (χ2n) is 20.2. The maximum Gasteiger partial charge on any atom is 0.328 e. The molecule has 0 saturated carbocycles. The minimum Gasteiger partial charge on any atom is -0.462 e. The summed E-state index contributed by atoms with van der Waals surface area (Å²) in [5.41, 5.74) is 1.50. The maximum absolute atomic E-state index is 13.7. The first kappa shape index (κ1) is 64.3. The topological polar surface area (TPSA) is 186 Å². The van der Waals surface area contributed by atoms with E-state index in [1.165, 1.54) is 136 Å². The Kier molecular flexibility index (Phi) is 37.5. The summed E-state index contributed by atoms with van der Waals surface area (Å²) in [6.45, 7) is 7.20. The van der Waals surface area contributed by atoms with E-state index in [1.807, 2.05) is 36.4 Å². The third-order valence-corrected chi connectivity index (χ3v) is 13.4. The molecular formula is C60H97N3O10. The molecule has 0 fully saturated rings. The third kappa shape index (κ3) is 33.6. The zero-order valence-electron chi connectivity index (χ0n) is 45.6. The van der Waals surface area contributed by atoms with Crippen molar-refractivity contribution in [1.82, 2.24) is 16.0 Å². The fourth-order valence-corrected chi connectivity index (χ4v) is 8.79. The van der Waals surface area contributed by atoms with Crippen LogP contribution in [0, 0.1) is 0 Å². The number of ether oxygens (including phenoxy) is 3. The lowest BCUT2D eigenvalue weighted by Gasteiger charge is -2.26. The van der Waals surface area contributed by atoms with Gasteiger partial charge in [-0.25, -0.2) is 4.79 Å². The summed E-state index contributed by atoms with van der Waals surface area (Å²) in [6, 6.07) is 14.1. The highest BCUT2D eigenvalue weighted by molar-refractivity contribution is 5.94. The molecule has 412 valence electrons. The second kappa shape index (κ2) is 42.6. The van der Waals surface area contributed by atoms with Crippen molar-refractivity contribution in [2.75, 3.05) is 0 Å². The van der Waals surface area contributed by atoms with E-state index >= 15 is 0 Å². The van der Waals surface area contributed by atoms with E-state index in [-0.39, 0.29) is 38.4 Å². The molecule has 0 aliphatic rings. The van der Waals surface area contributed by atoms with Crippen molar-refractivity contribution in [3.63, 3.8) is 0 Å². The van der Waals surface area contributed by atoms with Crippen molar-refractivity contribution in [2.45, 2.75) is 270 Å². The van der Waals surface area contributed by atoms with E-state index in [0.717, 1.165) is 50.5 Å². The number of hydrogen-bond donors (Lipinski definition) is 4. The SMILES string of the molecule is CCCCCCCCCCCCCCCC(=O)OC(CCCCCCCCCCCCCCC)CC(=O)N[C@H](C)C(=O)N[C@@H](C(=O)N[C@H](CCC(=O)OCc1ccccc1)C(=O)OCc1ccccc1)[C@H](C)O. The summed E-state index contributed by atoms with van der Waals surface area (Å²) >= 11 is 0. The largest absolute Gasteiger partial charge is 0.462 e. The number of unbranched alkanes of at least 4 members (excludes halogenated alkanes) is 24. The van der Waals surface area contributed by atoms with Crippen LogP contribution >= 0.6 is 0 Å². The van der Waals surface area contributed by atoms with Crippen LogP contribution in [0.2, 0.25) is 0 Å². The number of carbonyl (C=O) groups excluding carboxylic acids is 6. The van der Waals surface area contributed by atoms with Crippen LogP contribution in [-0.2, 0) is 56.2 Å². The van der Waals surface area contributed by atoms with Crippen LogP contribution in [0.1, 0.15) is 238 Å². The van der Waals surface area contributed by atoms with Crippen molar-refractivity contribution < 1.29 is 48.1 Å². The number of amides is 3. The zero-order valence-corrected chi connectivity index (χ0v) is 45.6. The zero-order chi connectivity index (χ0) is 53.2. The summed E-state index contributed by atoms with van der Waals surface area (Å²) < 4.78 is 16.8. The average Bonchev–Trinajstić information content (AvgIpc) is 3.38. The molecule has 4 N–H and O–H groups in total. The van der Waals surface area contributed by atoms with Gasteiger partial charge in [0.15, 0.2) is 0 Å². The Bertz CT molecular complexity index is 1760. The molecule has 13 nitrogen and oxygen atoms in total. The summed E-state index contributed by atoms with van der Waals surface area (Å²) in [6.07, 6.45) is 29.6. The molecule has 2 rings (SSSR count). The van der Waals surface area contributed by atoms with Gasteiger partial charge in [0.25, 0.3) is 0 Å². The van der Waals surface area contributed by atoms with Crippen LogP contribution in [0.15, 0.2) is 60.7 Å². The summed E-state index contributed by atoms with van der Waals surface area (Å²) in [5, 5.41) is 18.4. The normalized spacial score (nSPS) is 13.2. The molecule has 0 aliphatic carbocycles. The van der Waals surface area contributed by atoms with Gasteiger partial charge in [-0.1, -0.05) is 229 Å². The number of benzene rings is 2. The van der Waals surface area contributed by atoms with E-state index in [9.17, 15) is 33.9 Å². The number of hydrogen-bond acceptors (Lipinski definition) is 10. The smallest absolute Gasteiger partial charge is 0.328 e. The highest BCUT2D eigenvalue weighted by Crippen LogP contribution is 2.18. The first-order valence-corrected chi connectivity index (χ1v) is 28.6. The van der Waals surface area contributed by atoms with E-state index in [0.29, 0.717) is 18.4 Å². The molecule has 0 aromatic heterocycles. The van der Waals surface area contributed by atoms with Crippen LogP contribution in [0.4, 0.5) is 0 Å². The number of rotatable bonds is 45. The molecule has 73 heavy (non-hydrogen) atoms. The highest BCUT2D eigenvalue weighted by atomic mass is 16.5. The Hall–Kier alpha value is -4.78. The van der Waals surface area contributed by atoms with Gasteiger partial charge < -0.3 is 35.3 Å². The predicted molar refractivity (Wildman–Crippen MR) is 290 cm³/mol. The molecule has 0 bridgehead atoms. The molecule has 0 aliphatic heterocycles. The van der Waals surface area contributed by atoms with Crippen LogP contribution in [0.3, 0.4) is 0 Å². The molecule has 5 atom stereocenters. The Morgan fingerprint density at radius 3 is 1.38 bits per heavy atom. The Morgan fingerprint density at radius 1 is 0.479 bits per heavy atom. The lowest BCUT2D eigenvalue weighted by Crippen LogP contribution is -2.58. The van der Waals surface area contributed by atoms with Gasteiger partial charge in [0.1, 0.15) is 37.4 Å². The molecule has 2 aromatic carbocycles. The van der Waals surface area contributed by atoms with Gasteiger partial charge in [0, 0.05) is 12.8 Å². The highest BCUT2D eigenvalue weighted by Gasteiger charge is 2.32. The van der Waals surface area contributed by atoms with Gasteiger partial charge in [-0.3, -0.25) is 24.0 Å². The van der Waals surface area contributed by atoms with Crippen LogP contribution < -0.4 is 16.0 Å². The predicted octanol–water partition coefficient (Wildman–Crippen LogP) is 12.4. The fraction of sp³-hybridized carbons (Fsp3) is 0.700. The van der Waals surface area contributed by atoms with Crippen molar-refractivity contribution in [3.8, 4) is 0 Å². The molecule has 0 heterocycles. The van der Waals surface area contributed by atoms with E-state index < -0.39 is 60.0 Å². The minimum atomic E-state index is -1.53. The van der Waals surface area contributed by atoms with Gasteiger partial charge >= 0.3 is 17.9 Å². The van der Waals surface area contributed by atoms with E-state index in [4.69, 9.17) is 14.2 Å². The molecule has 2 aromatic rings. The fourth-order valence-electron chi connectivity index (χ4n) is 8.79. The standard InChI is InChI=1S/C60H97N3O10/c1-5-7-9-11-13-15-17-19-21-23-25-27-35-41-52(73-56(67)42-36-28-26-24-22-20-18-16-14-12-10-8-6-2)45-54(65)61-48(3)58(68)63-57(49(4)64)59(69)62-53(60(70)72-47-51-39-33-30-34-40-51)43-44-55(66)71-46-50-37-31-29-32-38-50/h29-34,37-40,48-49,52-53,57,64H,5-28,35-36,41-47H2,1-4H3,(H,61,65)(H,62,69)(H,63,68)/t48-,49+,52?,53-,57-/m1/s1.